The molecule has 0 atom stereocenters. The van der Waals surface area contributed by atoms with Gasteiger partial charge in [-0.2, -0.15) is 0 Å². The van der Waals surface area contributed by atoms with Gasteiger partial charge in [-0.25, -0.2) is 0 Å². The number of fused-ring (bicyclic) bond motifs is 3. The highest BCUT2D eigenvalue weighted by Gasteiger charge is 2.11. The predicted molar refractivity (Wildman–Crippen MR) is 88.8 cm³/mol. The summed E-state index contributed by atoms with van der Waals surface area (Å²) in [5.74, 6) is 0.0604. The van der Waals surface area contributed by atoms with Crippen LogP contribution >= 0.6 is 0 Å². The lowest BCUT2D eigenvalue weighted by Gasteiger charge is -2.08. The van der Waals surface area contributed by atoms with E-state index in [0.717, 1.165) is 10.8 Å². The van der Waals surface area contributed by atoms with Crippen molar-refractivity contribution in [3.05, 3.63) is 64.8 Å². The summed E-state index contributed by atoms with van der Waals surface area (Å²) in [5.41, 5.74) is 0.941. The lowest BCUT2D eigenvalue weighted by atomic mass is 10.1. The summed E-state index contributed by atoms with van der Waals surface area (Å²) >= 11 is 0. The second-order valence-corrected chi connectivity index (χ2v) is 5.35. The van der Waals surface area contributed by atoms with Gasteiger partial charge in [0, 0.05) is 12.3 Å². The van der Waals surface area contributed by atoms with Crippen molar-refractivity contribution in [2.45, 2.75) is 6.92 Å². The van der Waals surface area contributed by atoms with E-state index >= 15 is 0 Å². The van der Waals surface area contributed by atoms with E-state index < -0.39 is 5.97 Å². The number of benzene rings is 3. The third kappa shape index (κ3) is 2.16. The van der Waals surface area contributed by atoms with Crippen LogP contribution in [0.3, 0.4) is 0 Å². The number of rotatable bonds is 1. The third-order valence-corrected chi connectivity index (χ3v) is 3.79. The maximum absolute atomic E-state index is 12.6. The summed E-state index contributed by atoms with van der Waals surface area (Å²) in [5, 5.41) is 2.61. The van der Waals surface area contributed by atoms with Crippen molar-refractivity contribution >= 4 is 38.7 Å². The first kappa shape index (κ1) is 13.5. The van der Waals surface area contributed by atoms with Crippen LogP contribution in [0, 0.1) is 0 Å². The Morgan fingerprint density at radius 2 is 1.74 bits per heavy atom. The SMILES string of the molecule is CC(=O)Oc1cccc2cc3c(=O)c4ccccc4oc3cc12. The van der Waals surface area contributed by atoms with Crippen LogP contribution < -0.4 is 10.2 Å². The molecule has 0 saturated heterocycles. The van der Waals surface area contributed by atoms with E-state index in [1.807, 2.05) is 18.2 Å². The van der Waals surface area contributed by atoms with Gasteiger partial charge in [-0.1, -0.05) is 24.3 Å². The minimum absolute atomic E-state index is 0.0679. The van der Waals surface area contributed by atoms with Gasteiger partial charge in [-0.15, -0.1) is 0 Å². The van der Waals surface area contributed by atoms with Crippen LogP contribution in [0.25, 0.3) is 32.7 Å². The zero-order valence-corrected chi connectivity index (χ0v) is 12.3. The Morgan fingerprint density at radius 1 is 0.913 bits per heavy atom. The molecule has 1 heterocycles. The maximum atomic E-state index is 12.6. The predicted octanol–water partition coefficient (Wildman–Crippen LogP) is 4.02. The fraction of sp³-hybridized carbons (Fsp3) is 0.0526. The van der Waals surface area contributed by atoms with Crippen LogP contribution in [0.15, 0.2) is 63.8 Å². The molecule has 0 radical (unpaired) electrons. The molecule has 4 heteroatoms. The van der Waals surface area contributed by atoms with Crippen molar-refractivity contribution in [3.8, 4) is 5.75 Å². The zero-order chi connectivity index (χ0) is 16.0. The van der Waals surface area contributed by atoms with Crippen LogP contribution in [-0.4, -0.2) is 5.97 Å². The van der Waals surface area contributed by atoms with Crippen LogP contribution in [-0.2, 0) is 4.79 Å². The van der Waals surface area contributed by atoms with Gasteiger partial charge >= 0.3 is 5.97 Å². The molecule has 0 aliphatic heterocycles. The van der Waals surface area contributed by atoms with Gasteiger partial charge in [0.1, 0.15) is 16.9 Å². The second-order valence-electron chi connectivity index (χ2n) is 5.35. The van der Waals surface area contributed by atoms with Gasteiger partial charge < -0.3 is 9.15 Å². The molecule has 0 aliphatic carbocycles. The summed E-state index contributed by atoms with van der Waals surface area (Å²) < 4.78 is 11.1. The molecule has 3 aromatic carbocycles. The van der Waals surface area contributed by atoms with E-state index in [1.165, 1.54) is 6.92 Å². The highest BCUT2D eigenvalue weighted by Crippen LogP contribution is 2.30. The molecule has 4 aromatic rings. The van der Waals surface area contributed by atoms with Gasteiger partial charge in [0.05, 0.1) is 10.8 Å². The maximum Gasteiger partial charge on any atom is 0.308 e. The molecule has 0 saturated carbocycles. The summed E-state index contributed by atoms with van der Waals surface area (Å²) in [7, 11) is 0. The number of para-hydroxylation sites is 1. The molecule has 0 aliphatic rings. The molecule has 0 amide bonds. The number of esters is 1. The van der Waals surface area contributed by atoms with E-state index in [9.17, 15) is 9.59 Å². The molecule has 1 aromatic heterocycles. The Morgan fingerprint density at radius 3 is 2.57 bits per heavy atom. The van der Waals surface area contributed by atoms with E-state index in [4.69, 9.17) is 9.15 Å². The molecule has 4 nitrogen and oxygen atoms in total. The molecule has 23 heavy (non-hydrogen) atoms. The quantitative estimate of drug-likeness (QED) is 0.303. The highest BCUT2D eigenvalue weighted by atomic mass is 16.5. The molecule has 0 unspecified atom stereocenters. The van der Waals surface area contributed by atoms with E-state index in [1.54, 1.807) is 36.4 Å². The van der Waals surface area contributed by atoms with Gasteiger partial charge in [0.25, 0.3) is 0 Å². The average Bonchev–Trinajstić information content (AvgIpc) is 2.54. The van der Waals surface area contributed by atoms with Crippen LogP contribution in [0.2, 0.25) is 0 Å². The van der Waals surface area contributed by atoms with Gasteiger partial charge in [0.15, 0.2) is 0 Å². The molecule has 0 bridgehead atoms. The first-order chi connectivity index (χ1) is 11.1. The smallest absolute Gasteiger partial charge is 0.308 e. The molecular formula is C19H12O4. The minimum Gasteiger partial charge on any atom is -0.456 e. The Balaban J connectivity index is 2.13. The Hall–Kier alpha value is -3.14. The fourth-order valence-corrected chi connectivity index (χ4v) is 2.79. The van der Waals surface area contributed by atoms with Crippen molar-refractivity contribution in [3.63, 3.8) is 0 Å². The number of carbonyl (C=O) groups is 1. The fourth-order valence-electron chi connectivity index (χ4n) is 2.79. The summed E-state index contributed by atoms with van der Waals surface area (Å²) in [6.45, 7) is 1.35. The van der Waals surface area contributed by atoms with Crippen LogP contribution in [0.4, 0.5) is 0 Å². The minimum atomic E-state index is -0.391. The highest BCUT2D eigenvalue weighted by molar-refractivity contribution is 6.02. The third-order valence-electron chi connectivity index (χ3n) is 3.79. The Bertz CT molecular complexity index is 1140. The molecule has 0 fully saturated rings. The lowest BCUT2D eigenvalue weighted by Crippen LogP contribution is -2.03. The van der Waals surface area contributed by atoms with Crippen molar-refractivity contribution in [2.24, 2.45) is 0 Å². The number of carbonyl (C=O) groups excluding carboxylic acids is 1. The molecule has 0 spiro atoms. The van der Waals surface area contributed by atoms with Crippen molar-refractivity contribution in [1.82, 2.24) is 0 Å². The van der Waals surface area contributed by atoms with Gasteiger partial charge in [0.2, 0.25) is 5.43 Å². The largest absolute Gasteiger partial charge is 0.456 e. The van der Waals surface area contributed by atoms with E-state index in [0.29, 0.717) is 27.7 Å². The van der Waals surface area contributed by atoms with Crippen molar-refractivity contribution < 1.29 is 13.9 Å². The summed E-state index contributed by atoms with van der Waals surface area (Å²) in [6, 6.07) is 16.0. The van der Waals surface area contributed by atoms with Gasteiger partial charge in [-0.05, 0) is 35.7 Å². The summed E-state index contributed by atoms with van der Waals surface area (Å²) in [6.07, 6.45) is 0. The monoisotopic (exact) mass is 304 g/mol. The average molecular weight is 304 g/mol. The molecule has 4 rings (SSSR count). The first-order valence-electron chi connectivity index (χ1n) is 7.20. The van der Waals surface area contributed by atoms with Crippen LogP contribution in [0.1, 0.15) is 6.92 Å². The molecule has 112 valence electrons. The summed E-state index contributed by atoms with van der Waals surface area (Å²) in [4.78, 5) is 23.9. The number of hydrogen-bond donors (Lipinski definition) is 0. The number of hydrogen-bond acceptors (Lipinski definition) is 4. The second kappa shape index (κ2) is 4.95. The number of ether oxygens (including phenoxy) is 1. The Kier molecular flexibility index (Phi) is 2.91. The Labute approximate surface area is 130 Å². The van der Waals surface area contributed by atoms with E-state index in [-0.39, 0.29) is 5.43 Å². The van der Waals surface area contributed by atoms with Crippen LogP contribution in [0.5, 0.6) is 5.75 Å². The van der Waals surface area contributed by atoms with Crippen molar-refractivity contribution in [1.29, 1.82) is 0 Å². The first-order valence-corrected chi connectivity index (χ1v) is 7.20. The normalized spacial score (nSPS) is 11.2. The van der Waals surface area contributed by atoms with Crippen molar-refractivity contribution in [2.75, 3.05) is 0 Å². The topological polar surface area (TPSA) is 56.5 Å². The van der Waals surface area contributed by atoms with Gasteiger partial charge in [-0.3, -0.25) is 9.59 Å². The molecule has 0 N–H and O–H groups in total. The lowest BCUT2D eigenvalue weighted by molar-refractivity contribution is -0.131. The zero-order valence-electron chi connectivity index (χ0n) is 12.3. The molecular weight excluding hydrogens is 292 g/mol. The van der Waals surface area contributed by atoms with E-state index in [2.05, 4.69) is 0 Å². The standard InChI is InChI=1S/C19H12O4/c1-11(20)22-17-8-4-5-12-9-15-18(10-14(12)17)23-16-7-3-2-6-13(16)19(15)21/h2-10H,1H3.